The molecular weight excluding hydrogens is 436 g/mol. The Balaban J connectivity index is 1.77. The van der Waals surface area contributed by atoms with E-state index in [1.165, 1.54) is 0 Å². The molecule has 0 radical (unpaired) electrons. The molecular formula is C18H17F6N3O4. The third-order valence-corrected chi connectivity index (χ3v) is 4.87. The number of nitrogens with zero attached hydrogens (tertiary/aromatic N) is 2. The van der Waals surface area contributed by atoms with Crippen LogP contribution in [0.25, 0.3) is 11.1 Å². The van der Waals surface area contributed by atoms with Crippen molar-refractivity contribution in [3.05, 3.63) is 32.4 Å². The van der Waals surface area contributed by atoms with E-state index in [1.54, 1.807) is 0 Å². The molecule has 0 spiro atoms. The average molecular weight is 453 g/mol. The van der Waals surface area contributed by atoms with Crippen LogP contribution in [0.4, 0.5) is 26.3 Å². The molecule has 0 bridgehead atoms. The Hall–Kier alpha value is -2.86. The maximum Gasteiger partial charge on any atom is 0.391 e. The summed E-state index contributed by atoms with van der Waals surface area (Å²) in [5.74, 6) is -1.41. The molecule has 0 unspecified atom stereocenters. The molecule has 0 aromatic carbocycles. The van der Waals surface area contributed by atoms with Gasteiger partial charge in [0.1, 0.15) is 5.39 Å². The SMILES string of the molecule is O=c1cc(CCCC(F)(F)F)c2c(=O)[nH]c(ON=C3CCC(C(F)(F)F)CC3)nc2o1. The average Bonchev–Trinajstić information content (AvgIpc) is 2.64. The summed E-state index contributed by atoms with van der Waals surface area (Å²) in [5.41, 5.74) is -1.76. The summed E-state index contributed by atoms with van der Waals surface area (Å²) < 4.78 is 80.0. The van der Waals surface area contributed by atoms with Crippen LogP contribution in [0, 0.1) is 5.92 Å². The first kappa shape index (κ1) is 22.8. The number of aromatic amines is 1. The minimum absolute atomic E-state index is 0.0487. The van der Waals surface area contributed by atoms with E-state index < -0.39 is 47.6 Å². The van der Waals surface area contributed by atoms with E-state index in [2.05, 4.69) is 15.1 Å². The Kier molecular flexibility index (Phi) is 6.41. The minimum atomic E-state index is -4.38. The minimum Gasteiger partial charge on any atom is -0.403 e. The van der Waals surface area contributed by atoms with Crippen LogP contribution >= 0.6 is 0 Å². The number of rotatable bonds is 5. The van der Waals surface area contributed by atoms with E-state index in [0.29, 0.717) is 5.71 Å². The summed E-state index contributed by atoms with van der Waals surface area (Å²) in [4.78, 5) is 35.1. The lowest BCUT2D eigenvalue weighted by Gasteiger charge is -2.24. The van der Waals surface area contributed by atoms with Crippen LogP contribution in [0.5, 0.6) is 6.01 Å². The lowest BCUT2D eigenvalue weighted by molar-refractivity contribution is -0.178. The molecule has 1 saturated carbocycles. The summed E-state index contributed by atoms with van der Waals surface area (Å²) >= 11 is 0. The monoisotopic (exact) mass is 453 g/mol. The van der Waals surface area contributed by atoms with Gasteiger partial charge in [0.2, 0.25) is 5.71 Å². The van der Waals surface area contributed by atoms with Crippen LogP contribution in [-0.4, -0.2) is 28.0 Å². The highest BCUT2D eigenvalue weighted by molar-refractivity contribution is 5.84. The van der Waals surface area contributed by atoms with Crippen LogP contribution in [-0.2, 0) is 6.42 Å². The number of fused-ring (bicyclic) bond motifs is 1. The van der Waals surface area contributed by atoms with Crippen molar-refractivity contribution in [1.82, 2.24) is 9.97 Å². The largest absolute Gasteiger partial charge is 0.403 e. The molecule has 0 amide bonds. The van der Waals surface area contributed by atoms with Crippen molar-refractivity contribution in [2.45, 2.75) is 57.3 Å². The van der Waals surface area contributed by atoms with Crippen LogP contribution in [0.3, 0.4) is 0 Å². The van der Waals surface area contributed by atoms with Crippen LogP contribution in [0.15, 0.2) is 25.2 Å². The van der Waals surface area contributed by atoms with Gasteiger partial charge in [-0.15, -0.1) is 0 Å². The van der Waals surface area contributed by atoms with Crippen molar-refractivity contribution >= 4 is 16.8 Å². The number of aromatic nitrogens is 2. The van der Waals surface area contributed by atoms with Gasteiger partial charge < -0.3 is 9.25 Å². The molecule has 170 valence electrons. The second-order valence-electron chi connectivity index (χ2n) is 7.18. The van der Waals surface area contributed by atoms with Gasteiger partial charge in [0.05, 0.1) is 11.6 Å². The van der Waals surface area contributed by atoms with Gasteiger partial charge in [-0.05, 0) is 44.1 Å². The highest BCUT2D eigenvalue weighted by atomic mass is 19.4. The van der Waals surface area contributed by atoms with Crippen molar-refractivity contribution in [2.75, 3.05) is 0 Å². The summed E-state index contributed by atoms with van der Waals surface area (Å²) in [6, 6.07) is 0.466. The number of hydrogen-bond acceptors (Lipinski definition) is 6. The second-order valence-corrected chi connectivity index (χ2v) is 7.18. The first-order chi connectivity index (χ1) is 14.4. The highest BCUT2D eigenvalue weighted by Crippen LogP contribution is 2.36. The van der Waals surface area contributed by atoms with E-state index in [-0.39, 0.29) is 49.5 Å². The van der Waals surface area contributed by atoms with Crippen molar-refractivity contribution in [1.29, 1.82) is 0 Å². The number of hydrogen-bond donors (Lipinski definition) is 1. The molecule has 0 aliphatic heterocycles. The van der Waals surface area contributed by atoms with E-state index in [9.17, 15) is 35.9 Å². The Morgan fingerprint density at radius 2 is 1.84 bits per heavy atom. The third kappa shape index (κ3) is 6.07. The predicted octanol–water partition coefficient (Wildman–Crippen LogP) is 4.25. The molecule has 0 saturated heterocycles. The molecule has 3 rings (SSSR count). The van der Waals surface area contributed by atoms with Gasteiger partial charge in [0, 0.05) is 12.5 Å². The summed E-state index contributed by atoms with van der Waals surface area (Å²) in [6.45, 7) is 0. The van der Waals surface area contributed by atoms with Gasteiger partial charge in [-0.2, -0.15) is 31.3 Å². The topological polar surface area (TPSA) is 97.5 Å². The lowest BCUT2D eigenvalue weighted by atomic mass is 9.87. The molecule has 2 heterocycles. The molecule has 31 heavy (non-hydrogen) atoms. The normalized spacial score (nSPS) is 17.7. The fourth-order valence-corrected chi connectivity index (χ4v) is 3.33. The maximum atomic E-state index is 12.7. The zero-order valence-corrected chi connectivity index (χ0v) is 15.9. The molecule has 1 aliphatic carbocycles. The smallest absolute Gasteiger partial charge is 0.391 e. The standard InChI is InChI=1S/C18H17F6N3O4/c19-17(20,21)7-1-2-9-8-12(28)30-15-13(9)14(29)25-16(26-15)31-27-11-5-3-10(4-6-11)18(22,23)24/h8,10H,1-7H2,(H,25,26,29). The van der Waals surface area contributed by atoms with Gasteiger partial charge in [-0.25, -0.2) is 4.79 Å². The van der Waals surface area contributed by atoms with Crippen molar-refractivity contribution < 1.29 is 35.6 Å². The van der Waals surface area contributed by atoms with Gasteiger partial charge in [-0.3, -0.25) is 9.78 Å². The third-order valence-electron chi connectivity index (χ3n) is 4.87. The number of nitrogens with one attached hydrogen (secondary N) is 1. The van der Waals surface area contributed by atoms with Gasteiger partial charge in [0.25, 0.3) is 5.56 Å². The number of alkyl halides is 6. The Morgan fingerprint density at radius 3 is 2.45 bits per heavy atom. The van der Waals surface area contributed by atoms with E-state index in [1.807, 2.05) is 0 Å². The fraction of sp³-hybridized carbons (Fsp3) is 0.556. The Labute approximate surface area is 170 Å². The molecule has 2 aromatic heterocycles. The molecule has 1 fully saturated rings. The molecule has 0 atom stereocenters. The molecule has 1 aliphatic rings. The van der Waals surface area contributed by atoms with E-state index >= 15 is 0 Å². The van der Waals surface area contributed by atoms with Crippen molar-refractivity contribution in [2.24, 2.45) is 11.1 Å². The highest BCUT2D eigenvalue weighted by Gasteiger charge is 2.40. The molecule has 1 N–H and O–H groups in total. The van der Waals surface area contributed by atoms with Crippen molar-refractivity contribution in [3.8, 4) is 6.01 Å². The zero-order chi connectivity index (χ0) is 22.8. The molecule has 2 aromatic rings. The van der Waals surface area contributed by atoms with Crippen LogP contribution in [0.2, 0.25) is 0 Å². The number of halogens is 6. The summed E-state index contributed by atoms with van der Waals surface area (Å²) in [6.07, 6.45) is -10.4. The summed E-state index contributed by atoms with van der Waals surface area (Å²) in [5, 5.41) is 3.52. The van der Waals surface area contributed by atoms with E-state index in [0.717, 1.165) is 6.07 Å². The number of oxime groups is 1. The predicted molar refractivity (Wildman–Crippen MR) is 96.0 cm³/mol. The first-order valence-electron chi connectivity index (χ1n) is 9.35. The van der Waals surface area contributed by atoms with Gasteiger partial charge in [0.15, 0.2) is 0 Å². The van der Waals surface area contributed by atoms with Gasteiger partial charge >= 0.3 is 24.0 Å². The van der Waals surface area contributed by atoms with Crippen LogP contribution < -0.4 is 16.0 Å². The van der Waals surface area contributed by atoms with Crippen molar-refractivity contribution in [3.63, 3.8) is 0 Å². The molecule has 7 nitrogen and oxygen atoms in total. The number of aryl methyl sites for hydroxylation is 1. The van der Waals surface area contributed by atoms with E-state index in [4.69, 9.17) is 9.25 Å². The quantitative estimate of drug-likeness (QED) is 0.539. The fourth-order valence-electron chi connectivity index (χ4n) is 3.33. The second kappa shape index (κ2) is 8.71. The van der Waals surface area contributed by atoms with Crippen LogP contribution in [0.1, 0.15) is 44.1 Å². The zero-order valence-electron chi connectivity index (χ0n) is 15.9. The maximum absolute atomic E-state index is 12.7. The first-order valence-corrected chi connectivity index (χ1v) is 9.35. The lowest BCUT2D eigenvalue weighted by Crippen LogP contribution is -2.28. The number of H-pyrrole nitrogens is 1. The van der Waals surface area contributed by atoms with Gasteiger partial charge in [-0.1, -0.05) is 5.16 Å². The Bertz CT molecular complexity index is 1080. The summed E-state index contributed by atoms with van der Waals surface area (Å²) in [7, 11) is 0. The molecule has 13 heteroatoms. The Morgan fingerprint density at radius 1 is 1.16 bits per heavy atom.